The smallest absolute Gasteiger partial charge is 0.194 e. The molecule has 0 atom stereocenters. The van der Waals surface area contributed by atoms with Gasteiger partial charge in [-0.3, -0.25) is 9.59 Å². The highest BCUT2D eigenvalue weighted by atomic mass is 16.5. The SMILES string of the molecule is CCOc1ccc(C=Cc2ccc3c(c2)C(=O)c2ccc(C=Cc4ccc(OCC)cc4)cc2C3=O)cc1. The molecular weight excluding hydrogens is 472 g/mol. The Morgan fingerprint density at radius 1 is 0.474 bits per heavy atom. The monoisotopic (exact) mass is 500 g/mol. The van der Waals surface area contributed by atoms with Crippen LogP contribution >= 0.6 is 0 Å². The minimum absolute atomic E-state index is 0.132. The number of ether oxygens (including phenoxy) is 2. The molecule has 5 rings (SSSR count). The Morgan fingerprint density at radius 3 is 1.18 bits per heavy atom. The molecule has 4 aromatic rings. The van der Waals surface area contributed by atoms with Gasteiger partial charge in [-0.25, -0.2) is 0 Å². The molecule has 0 N–H and O–H groups in total. The predicted octanol–water partition coefficient (Wildman–Crippen LogP) is 7.60. The van der Waals surface area contributed by atoms with Crippen molar-refractivity contribution in [1.29, 1.82) is 0 Å². The van der Waals surface area contributed by atoms with E-state index in [2.05, 4.69) is 0 Å². The third-order valence-corrected chi connectivity index (χ3v) is 6.38. The van der Waals surface area contributed by atoms with E-state index < -0.39 is 0 Å². The van der Waals surface area contributed by atoms with Crippen LogP contribution in [0.2, 0.25) is 0 Å². The Morgan fingerprint density at radius 2 is 0.816 bits per heavy atom. The maximum absolute atomic E-state index is 13.3. The average Bonchev–Trinajstić information content (AvgIpc) is 2.95. The largest absolute Gasteiger partial charge is 0.494 e. The summed E-state index contributed by atoms with van der Waals surface area (Å²) >= 11 is 0. The molecule has 0 aromatic heterocycles. The lowest BCUT2D eigenvalue weighted by Crippen LogP contribution is -2.21. The first-order chi connectivity index (χ1) is 18.6. The molecule has 188 valence electrons. The first kappa shape index (κ1) is 25.0. The fourth-order valence-electron chi connectivity index (χ4n) is 4.46. The van der Waals surface area contributed by atoms with Crippen LogP contribution in [0.1, 0.15) is 67.9 Å². The molecule has 0 fully saturated rings. The predicted molar refractivity (Wildman–Crippen MR) is 153 cm³/mol. The number of benzene rings is 4. The van der Waals surface area contributed by atoms with Gasteiger partial charge in [-0.05, 0) is 84.6 Å². The van der Waals surface area contributed by atoms with E-state index in [0.29, 0.717) is 35.5 Å². The molecule has 0 unspecified atom stereocenters. The molecule has 4 aromatic carbocycles. The lowest BCUT2D eigenvalue weighted by Gasteiger charge is -2.18. The van der Waals surface area contributed by atoms with E-state index in [4.69, 9.17) is 9.47 Å². The molecule has 1 aliphatic rings. The average molecular weight is 501 g/mol. The summed E-state index contributed by atoms with van der Waals surface area (Å²) in [5.41, 5.74) is 5.51. The van der Waals surface area contributed by atoms with Gasteiger partial charge in [0.15, 0.2) is 11.6 Å². The maximum atomic E-state index is 13.3. The molecule has 0 saturated carbocycles. The zero-order valence-electron chi connectivity index (χ0n) is 21.4. The van der Waals surface area contributed by atoms with Crippen molar-refractivity contribution in [1.82, 2.24) is 0 Å². The summed E-state index contributed by atoms with van der Waals surface area (Å²) in [5.74, 6) is 1.40. The second kappa shape index (κ2) is 11.1. The second-order valence-corrected chi connectivity index (χ2v) is 8.94. The van der Waals surface area contributed by atoms with Crippen LogP contribution in [0.3, 0.4) is 0 Å². The van der Waals surface area contributed by atoms with Crippen LogP contribution in [0.15, 0.2) is 84.9 Å². The Bertz CT molecular complexity index is 1420. The highest BCUT2D eigenvalue weighted by Gasteiger charge is 2.29. The van der Waals surface area contributed by atoms with Crippen LogP contribution < -0.4 is 9.47 Å². The van der Waals surface area contributed by atoms with Crippen molar-refractivity contribution in [3.63, 3.8) is 0 Å². The molecule has 4 nitrogen and oxygen atoms in total. The summed E-state index contributed by atoms with van der Waals surface area (Å²) in [4.78, 5) is 26.7. The summed E-state index contributed by atoms with van der Waals surface area (Å²) in [6.07, 6.45) is 7.84. The van der Waals surface area contributed by atoms with E-state index in [1.807, 2.05) is 98.8 Å². The molecule has 0 bridgehead atoms. The summed E-state index contributed by atoms with van der Waals surface area (Å²) in [6, 6.07) is 26.5. The molecule has 0 heterocycles. The zero-order chi connectivity index (χ0) is 26.5. The van der Waals surface area contributed by atoms with Gasteiger partial charge >= 0.3 is 0 Å². The number of ketones is 2. The topological polar surface area (TPSA) is 52.6 Å². The van der Waals surface area contributed by atoms with Crippen molar-refractivity contribution >= 4 is 35.9 Å². The summed E-state index contributed by atoms with van der Waals surface area (Å²) in [7, 11) is 0. The standard InChI is InChI=1S/C34H28O4/c1-3-37-27-15-9-23(10-16-27)5-7-25-13-19-29-31(21-25)33(35)30-20-14-26(22-32(30)34(29)36)8-6-24-11-17-28(18-12-24)38-4-2/h5-22H,3-4H2,1-2H3. The summed E-state index contributed by atoms with van der Waals surface area (Å²) < 4.78 is 11.0. The second-order valence-electron chi connectivity index (χ2n) is 8.94. The van der Waals surface area contributed by atoms with Crippen LogP contribution in [0.4, 0.5) is 0 Å². The van der Waals surface area contributed by atoms with Crippen molar-refractivity contribution in [2.75, 3.05) is 13.2 Å². The van der Waals surface area contributed by atoms with E-state index in [0.717, 1.165) is 33.8 Å². The van der Waals surface area contributed by atoms with Crippen molar-refractivity contribution in [2.45, 2.75) is 13.8 Å². The molecule has 1 aliphatic carbocycles. The number of hydrogen-bond acceptors (Lipinski definition) is 4. The van der Waals surface area contributed by atoms with Crippen molar-refractivity contribution in [3.8, 4) is 11.5 Å². The van der Waals surface area contributed by atoms with Crippen LogP contribution in [-0.2, 0) is 0 Å². The fourth-order valence-corrected chi connectivity index (χ4v) is 4.46. The van der Waals surface area contributed by atoms with Gasteiger partial charge in [0.1, 0.15) is 11.5 Å². The lowest BCUT2D eigenvalue weighted by atomic mass is 9.82. The zero-order valence-corrected chi connectivity index (χ0v) is 21.4. The van der Waals surface area contributed by atoms with E-state index in [1.54, 1.807) is 24.3 Å². The van der Waals surface area contributed by atoms with Gasteiger partial charge in [-0.1, -0.05) is 60.7 Å². The number of rotatable bonds is 8. The van der Waals surface area contributed by atoms with Crippen LogP contribution in [0.25, 0.3) is 24.3 Å². The van der Waals surface area contributed by atoms with Gasteiger partial charge in [-0.15, -0.1) is 0 Å². The summed E-state index contributed by atoms with van der Waals surface area (Å²) in [5, 5.41) is 0. The summed E-state index contributed by atoms with van der Waals surface area (Å²) in [6.45, 7) is 5.16. The molecule has 0 amide bonds. The molecule has 38 heavy (non-hydrogen) atoms. The third kappa shape index (κ3) is 5.35. The van der Waals surface area contributed by atoms with E-state index in [9.17, 15) is 9.59 Å². The Balaban J connectivity index is 1.35. The molecular formula is C34H28O4. The first-order valence-corrected chi connectivity index (χ1v) is 12.7. The first-order valence-electron chi connectivity index (χ1n) is 12.7. The number of carbonyl (C=O) groups is 2. The lowest BCUT2D eigenvalue weighted by molar-refractivity contribution is 0.0979. The minimum atomic E-state index is -0.132. The minimum Gasteiger partial charge on any atom is -0.494 e. The van der Waals surface area contributed by atoms with E-state index >= 15 is 0 Å². The van der Waals surface area contributed by atoms with Gasteiger partial charge in [0.25, 0.3) is 0 Å². The van der Waals surface area contributed by atoms with Crippen LogP contribution in [-0.4, -0.2) is 24.8 Å². The van der Waals surface area contributed by atoms with Gasteiger partial charge in [0, 0.05) is 22.3 Å². The maximum Gasteiger partial charge on any atom is 0.194 e. The highest BCUT2D eigenvalue weighted by Crippen LogP contribution is 2.30. The van der Waals surface area contributed by atoms with Gasteiger partial charge < -0.3 is 9.47 Å². The van der Waals surface area contributed by atoms with Crippen molar-refractivity contribution < 1.29 is 19.1 Å². The van der Waals surface area contributed by atoms with E-state index in [1.165, 1.54) is 0 Å². The number of hydrogen-bond donors (Lipinski definition) is 0. The normalized spacial score (nSPS) is 12.6. The van der Waals surface area contributed by atoms with Crippen LogP contribution in [0.5, 0.6) is 11.5 Å². The molecule has 4 heteroatoms. The molecule has 0 radical (unpaired) electrons. The van der Waals surface area contributed by atoms with Gasteiger partial charge in [-0.2, -0.15) is 0 Å². The third-order valence-electron chi connectivity index (χ3n) is 6.38. The number of fused-ring (bicyclic) bond motifs is 2. The van der Waals surface area contributed by atoms with Crippen molar-refractivity contribution in [2.24, 2.45) is 0 Å². The quantitative estimate of drug-likeness (QED) is 0.206. The Labute approximate surface area is 222 Å². The van der Waals surface area contributed by atoms with E-state index in [-0.39, 0.29) is 11.6 Å². The van der Waals surface area contributed by atoms with Gasteiger partial charge in [0.05, 0.1) is 13.2 Å². The Kier molecular flexibility index (Phi) is 7.32. The highest BCUT2D eigenvalue weighted by molar-refractivity contribution is 6.28. The Hall–Kier alpha value is -4.70. The fraction of sp³-hybridized carbons (Fsp3) is 0.118. The molecule has 0 spiro atoms. The molecule has 0 aliphatic heterocycles. The number of carbonyl (C=O) groups excluding carboxylic acids is 2. The van der Waals surface area contributed by atoms with Crippen LogP contribution in [0, 0.1) is 0 Å². The van der Waals surface area contributed by atoms with Crippen molar-refractivity contribution in [3.05, 3.63) is 129 Å². The van der Waals surface area contributed by atoms with Gasteiger partial charge in [0.2, 0.25) is 0 Å². The molecule has 0 saturated heterocycles.